The molecule has 0 radical (unpaired) electrons. The first kappa shape index (κ1) is 32.0. The lowest BCUT2D eigenvalue weighted by Crippen LogP contribution is -2.48. The van der Waals surface area contributed by atoms with E-state index in [1.54, 1.807) is 6.92 Å². The minimum atomic E-state index is -4.91. The Morgan fingerprint density at radius 2 is 1.96 bits per heavy atom. The summed E-state index contributed by atoms with van der Waals surface area (Å²) in [5.41, 5.74) is -3.67. The monoisotopic (exact) mass is 655 g/mol. The highest BCUT2D eigenvalue weighted by Crippen LogP contribution is 2.47. The summed E-state index contributed by atoms with van der Waals surface area (Å²) in [4.78, 5) is 16.0. The molecular weight excluding hydrogens is 623 g/mol. The van der Waals surface area contributed by atoms with Crippen LogP contribution in [0.4, 0.5) is 36.6 Å². The van der Waals surface area contributed by atoms with Crippen LogP contribution in [0.2, 0.25) is 0 Å². The number of H-pyrrole nitrogens is 1. The quantitative estimate of drug-likeness (QED) is 0.216. The summed E-state index contributed by atoms with van der Waals surface area (Å²) in [6, 6.07) is 0.118. The number of likely N-dealkylation sites (tertiary alicyclic amines) is 1. The summed E-state index contributed by atoms with van der Waals surface area (Å²) in [6.45, 7) is 6.20. The first-order valence-corrected chi connectivity index (χ1v) is 14.9. The number of halogens is 7. The van der Waals surface area contributed by atoms with Crippen LogP contribution in [0.1, 0.15) is 44.7 Å². The third kappa shape index (κ3) is 5.33. The van der Waals surface area contributed by atoms with Crippen LogP contribution in [0.15, 0.2) is 12.3 Å². The van der Waals surface area contributed by atoms with Crippen molar-refractivity contribution in [3.05, 3.63) is 29.2 Å². The second-order valence-corrected chi connectivity index (χ2v) is 11.8. The number of pyridine rings is 1. The zero-order valence-electron chi connectivity index (χ0n) is 25.5. The molecule has 4 aromatic rings. The molecule has 46 heavy (non-hydrogen) atoms. The van der Waals surface area contributed by atoms with Gasteiger partial charge in [0.05, 0.1) is 35.4 Å². The summed E-state index contributed by atoms with van der Waals surface area (Å²) in [5, 5.41) is 6.24. The van der Waals surface area contributed by atoms with E-state index in [0.717, 1.165) is 6.20 Å². The number of likely N-dealkylation sites (N-methyl/N-ethyl adjacent to an activating group) is 1. The molecule has 1 unspecified atom stereocenters. The molecule has 16 heteroatoms. The molecule has 1 fully saturated rings. The second kappa shape index (κ2) is 11.7. The van der Waals surface area contributed by atoms with Crippen molar-refractivity contribution < 1.29 is 40.2 Å². The van der Waals surface area contributed by atoms with Crippen LogP contribution in [0.3, 0.4) is 0 Å². The number of rotatable bonds is 8. The lowest BCUT2D eigenvalue weighted by molar-refractivity contribution is -0.137. The molecular formula is C30H32F7N7O2. The molecule has 6 rings (SSSR count). The first-order chi connectivity index (χ1) is 21.8. The Morgan fingerprint density at radius 3 is 2.63 bits per heavy atom. The number of aromatic amines is 1. The van der Waals surface area contributed by atoms with Crippen molar-refractivity contribution in [2.24, 2.45) is 0 Å². The van der Waals surface area contributed by atoms with E-state index in [0.29, 0.717) is 13.0 Å². The van der Waals surface area contributed by atoms with Gasteiger partial charge >= 0.3 is 12.2 Å². The zero-order valence-corrected chi connectivity index (χ0v) is 25.5. The third-order valence-corrected chi connectivity index (χ3v) is 8.98. The number of benzene rings is 1. The van der Waals surface area contributed by atoms with Crippen LogP contribution in [0, 0.1) is 12.7 Å². The highest BCUT2D eigenvalue weighted by Gasteiger charge is 2.45. The lowest BCUT2D eigenvalue weighted by atomic mass is 9.93. The third-order valence-electron chi connectivity index (χ3n) is 8.98. The van der Waals surface area contributed by atoms with Crippen LogP contribution in [-0.4, -0.2) is 87.1 Å². The number of alkyl halides is 6. The molecule has 248 valence electrons. The fraction of sp³-hybridized carbons (Fsp3) is 0.533. The van der Waals surface area contributed by atoms with Crippen molar-refractivity contribution in [2.45, 2.75) is 70.9 Å². The van der Waals surface area contributed by atoms with Crippen molar-refractivity contribution in [3.63, 3.8) is 0 Å². The van der Waals surface area contributed by atoms with E-state index in [2.05, 4.69) is 25.1 Å². The van der Waals surface area contributed by atoms with E-state index < -0.39 is 71.1 Å². The minimum Gasteiger partial charge on any atom is -0.475 e. The highest BCUT2D eigenvalue weighted by atomic mass is 19.4. The Balaban J connectivity index is 1.60. The summed E-state index contributed by atoms with van der Waals surface area (Å²) in [7, 11) is 0. The normalized spacial score (nSPS) is 22.2. The molecule has 1 aromatic carbocycles. The molecule has 2 aliphatic heterocycles. The number of ether oxygens (including phenoxy) is 2. The second-order valence-electron chi connectivity index (χ2n) is 11.8. The fourth-order valence-electron chi connectivity index (χ4n) is 6.72. The number of fused-ring (bicyclic) bond motifs is 1. The SMILES string of the molecule is CCN1CC(F)C[C@@]1(CC)COc1nc2c3c(nc(-c4c(C(F)(F)F)c(C)cc5[nH]ncc45)c(F)c3n1)OC[C@H](C)N2CC(F)F. The molecule has 0 spiro atoms. The Morgan fingerprint density at radius 1 is 1.20 bits per heavy atom. The summed E-state index contributed by atoms with van der Waals surface area (Å²) >= 11 is 0. The van der Waals surface area contributed by atoms with Gasteiger partial charge in [-0.15, -0.1) is 0 Å². The Labute approximate surface area is 259 Å². The maximum absolute atomic E-state index is 16.8. The molecule has 0 saturated carbocycles. The van der Waals surface area contributed by atoms with E-state index in [4.69, 9.17) is 9.47 Å². The average molecular weight is 656 g/mol. The minimum absolute atomic E-state index is 0.0468. The van der Waals surface area contributed by atoms with Crippen LogP contribution >= 0.6 is 0 Å². The van der Waals surface area contributed by atoms with Gasteiger partial charge in [-0.05, 0) is 38.4 Å². The van der Waals surface area contributed by atoms with Gasteiger partial charge < -0.3 is 14.4 Å². The van der Waals surface area contributed by atoms with Gasteiger partial charge in [0.1, 0.15) is 41.8 Å². The van der Waals surface area contributed by atoms with E-state index >= 15 is 4.39 Å². The number of anilines is 1. The molecule has 0 aliphatic carbocycles. The van der Waals surface area contributed by atoms with Crippen LogP contribution < -0.4 is 14.4 Å². The first-order valence-electron chi connectivity index (χ1n) is 14.9. The van der Waals surface area contributed by atoms with Crippen LogP contribution in [0.25, 0.3) is 33.1 Å². The summed E-state index contributed by atoms with van der Waals surface area (Å²) < 4.78 is 114. The molecule has 3 atom stereocenters. The smallest absolute Gasteiger partial charge is 0.417 e. The van der Waals surface area contributed by atoms with Gasteiger partial charge in [-0.3, -0.25) is 10.00 Å². The molecule has 1 N–H and O–H groups in total. The van der Waals surface area contributed by atoms with Gasteiger partial charge in [-0.25, -0.2) is 22.5 Å². The maximum Gasteiger partial charge on any atom is 0.417 e. The van der Waals surface area contributed by atoms with Gasteiger partial charge in [0.25, 0.3) is 6.43 Å². The predicted molar refractivity (Wildman–Crippen MR) is 156 cm³/mol. The molecule has 3 aromatic heterocycles. The van der Waals surface area contributed by atoms with Crippen LogP contribution in [-0.2, 0) is 6.18 Å². The fourth-order valence-corrected chi connectivity index (χ4v) is 6.72. The number of hydrogen-bond acceptors (Lipinski definition) is 8. The number of hydrogen-bond donors (Lipinski definition) is 1. The number of nitrogens with zero attached hydrogens (tertiary/aromatic N) is 6. The van der Waals surface area contributed by atoms with E-state index in [9.17, 15) is 26.3 Å². The van der Waals surface area contributed by atoms with Crippen molar-refractivity contribution in [2.75, 3.05) is 37.7 Å². The van der Waals surface area contributed by atoms with Crippen molar-refractivity contribution in [3.8, 4) is 23.1 Å². The largest absolute Gasteiger partial charge is 0.475 e. The van der Waals surface area contributed by atoms with Gasteiger partial charge in [-0.1, -0.05) is 13.8 Å². The number of aromatic nitrogens is 5. The van der Waals surface area contributed by atoms with Crippen molar-refractivity contribution >= 4 is 27.6 Å². The zero-order chi connectivity index (χ0) is 33.1. The van der Waals surface area contributed by atoms with E-state index in [1.807, 2.05) is 18.7 Å². The topological polar surface area (TPSA) is 92.3 Å². The summed E-state index contributed by atoms with van der Waals surface area (Å²) in [5.74, 6) is -1.74. The van der Waals surface area contributed by atoms with E-state index in [1.165, 1.54) is 17.9 Å². The lowest BCUT2D eigenvalue weighted by Gasteiger charge is -2.36. The van der Waals surface area contributed by atoms with Gasteiger partial charge in [0, 0.05) is 23.9 Å². The molecule has 0 amide bonds. The average Bonchev–Trinajstić information content (AvgIpc) is 3.57. The van der Waals surface area contributed by atoms with Crippen molar-refractivity contribution in [1.82, 2.24) is 30.0 Å². The standard InChI is InChI=1S/C30H32F7N7O2/c1-5-29(8-16(31)10-43(29)6-2)13-46-28-40-25-21-26(41-28)44(11-19(32)33)15(4)12-45-27(21)39-24(23(25)34)20-17-9-38-42-18(17)7-14(3)22(20)30(35,36)37/h7,9,15-16,19H,5-6,8,10-13H2,1-4H3,(H,38,42)/t15-,16?,29-/m0/s1. The van der Waals surface area contributed by atoms with E-state index in [-0.39, 0.29) is 59.7 Å². The molecule has 2 aliphatic rings. The predicted octanol–water partition coefficient (Wildman–Crippen LogP) is 6.48. The number of nitrogens with one attached hydrogen (secondary N) is 1. The Bertz CT molecular complexity index is 1780. The number of aryl methyl sites for hydroxylation is 1. The van der Waals surface area contributed by atoms with Gasteiger partial charge in [0.2, 0.25) is 5.88 Å². The van der Waals surface area contributed by atoms with Gasteiger partial charge in [0.15, 0.2) is 5.82 Å². The van der Waals surface area contributed by atoms with Crippen molar-refractivity contribution in [1.29, 1.82) is 0 Å². The van der Waals surface area contributed by atoms with Gasteiger partial charge in [-0.2, -0.15) is 28.2 Å². The van der Waals surface area contributed by atoms with Crippen LogP contribution in [0.5, 0.6) is 11.9 Å². The maximum atomic E-state index is 16.8. The Kier molecular flexibility index (Phi) is 8.13. The summed E-state index contributed by atoms with van der Waals surface area (Å²) in [6.07, 6.45) is -7.03. The molecule has 0 bridgehead atoms. The highest BCUT2D eigenvalue weighted by molar-refractivity contribution is 6.01. The molecule has 9 nitrogen and oxygen atoms in total. The molecule has 5 heterocycles. The molecule has 1 saturated heterocycles. The Hall–Kier alpha value is -3.95.